The number of aryl methyl sites for hydroxylation is 2. The van der Waals surface area contributed by atoms with Crippen LogP contribution in [0.4, 0.5) is 0 Å². The van der Waals surface area contributed by atoms with Crippen LogP contribution in [-0.4, -0.2) is 22.3 Å². The Morgan fingerprint density at radius 1 is 1.35 bits per heavy atom. The van der Waals surface area contributed by atoms with Crippen molar-refractivity contribution in [3.05, 3.63) is 47.3 Å². The van der Waals surface area contributed by atoms with E-state index in [2.05, 4.69) is 10.4 Å². The number of rotatable bonds is 5. The zero-order valence-corrected chi connectivity index (χ0v) is 12.0. The van der Waals surface area contributed by atoms with Gasteiger partial charge in [-0.2, -0.15) is 5.10 Å². The van der Waals surface area contributed by atoms with Crippen LogP contribution in [-0.2, 0) is 13.6 Å². The van der Waals surface area contributed by atoms with Gasteiger partial charge in [-0.3, -0.25) is 9.48 Å². The summed E-state index contributed by atoms with van der Waals surface area (Å²) in [4.78, 5) is 12.0. The fourth-order valence-electron chi connectivity index (χ4n) is 1.97. The van der Waals surface area contributed by atoms with Gasteiger partial charge in [-0.05, 0) is 38.1 Å². The Labute approximate surface area is 118 Å². The van der Waals surface area contributed by atoms with E-state index in [1.54, 1.807) is 28.9 Å². The molecule has 2 rings (SSSR count). The normalized spacial score (nSPS) is 10.3. The zero-order valence-electron chi connectivity index (χ0n) is 12.0. The average molecular weight is 273 g/mol. The summed E-state index contributed by atoms with van der Waals surface area (Å²) in [5.41, 5.74) is 2.57. The summed E-state index contributed by atoms with van der Waals surface area (Å²) in [5, 5.41) is 7.13. The molecular weight excluding hydrogens is 254 g/mol. The van der Waals surface area contributed by atoms with Gasteiger partial charge in [0.25, 0.3) is 5.91 Å². The van der Waals surface area contributed by atoms with Crippen LogP contribution >= 0.6 is 0 Å². The lowest BCUT2D eigenvalue weighted by molar-refractivity contribution is 0.0951. The van der Waals surface area contributed by atoms with Crippen LogP contribution in [0.15, 0.2) is 30.5 Å². The maximum absolute atomic E-state index is 12.0. The standard InChI is InChI=1S/C15H19N3O2/c1-4-20-14-7-5-12(6-8-14)15(19)16-9-13-10-18(3)17-11(13)2/h5-8,10H,4,9H2,1-3H3,(H,16,19). The molecule has 5 nitrogen and oxygen atoms in total. The maximum atomic E-state index is 12.0. The zero-order chi connectivity index (χ0) is 14.5. The van der Waals surface area contributed by atoms with Gasteiger partial charge in [0, 0.05) is 30.9 Å². The number of amides is 1. The topological polar surface area (TPSA) is 56.1 Å². The number of hydrogen-bond donors (Lipinski definition) is 1. The van der Waals surface area contributed by atoms with Crippen molar-refractivity contribution in [2.75, 3.05) is 6.61 Å². The molecule has 0 aliphatic carbocycles. The molecule has 0 fully saturated rings. The molecule has 2 aromatic rings. The Hall–Kier alpha value is -2.30. The van der Waals surface area contributed by atoms with Gasteiger partial charge in [0.2, 0.25) is 0 Å². The van der Waals surface area contributed by atoms with Gasteiger partial charge in [0.05, 0.1) is 12.3 Å². The molecular formula is C15H19N3O2. The summed E-state index contributed by atoms with van der Waals surface area (Å²) in [5.74, 6) is 0.670. The molecule has 0 aliphatic rings. The van der Waals surface area contributed by atoms with Crippen molar-refractivity contribution in [1.29, 1.82) is 0 Å². The lowest BCUT2D eigenvalue weighted by Crippen LogP contribution is -2.22. The first-order valence-electron chi connectivity index (χ1n) is 6.60. The van der Waals surface area contributed by atoms with E-state index < -0.39 is 0 Å². The Bertz CT molecular complexity index is 588. The highest BCUT2D eigenvalue weighted by molar-refractivity contribution is 5.94. The third-order valence-electron chi connectivity index (χ3n) is 2.98. The van der Waals surface area contributed by atoms with Crippen LogP contribution in [0, 0.1) is 6.92 Å². The molecule has 0 aliphatic heterocycles. The van der Waals surface area contributed by atoms with E-state index in [0.29, 0.717) is 18.7 Å². The minimum Gasteiger partial charge on any atom is -0.494 e. The summed E-state index contributed by atoms with van der Waals surface area (Å²) in [6.07, 6.45) is 1.91. The van der Waals surface area contributed by atoms with Gasteiger partial charge in [-0.1, -0.05) is 0 Å². The van der Waals surface area contributed by atoms with Crippen LogP contribution in [0.2, 0.25) is 0 Å². The van der Waals surface area contributed by atoms with Crippen LogP contribution in [0.5, 0.6) is 5.75 Å². The average Bonchev–Trinajstić information content (AvgIpc) is 2.75. The predicted octanol–water partition coefficient (Wildman–Crippen LogP) is 2.06. The highest BCUT2D eigenvalue weighted by atomic mass is 16.5. The third kappa shape index (κ3) is 3.38. The van der Waals surface area contributed by atoms with E-state index in [1.807, 2.05) is 27.1 Å². The highest BCUT2D eigenvalue weighted by Crippen LogP contribution is 2.12. The fraction of sp³-hybridized carbons (Fsp3) is 0.333. The molecule has 1 aromatic heterocycles. The number of aromatic nitrogens is 2. The predicted molar refractivity (Wildman–Crippen MR) is 76.7 cm³/mol. The van der Waals surface area contributed by atoms with E-state index in [-0.39, 0.29) is 5.91 Å². The first kappa shape index (κ1) is 14.1. The number of nitrogens with zero attached hydrogens (tertiary/aromatic N) is 2. The molecule has 20 heavy (non-hydrogen) atoms. The van der Waals surface area contributed by atoms with Crippen molar-refractivity contribution < 1.29 is 9.53 Å². The van der Waals surface area contributed by atoms with Crippen molar-refractivity contribution in [3.63, 3.8) is 0 Å². The van der Waals surface area contributed by atoms with Crippen molar-refractivity contribution in [2.24, 2.45) is 7.05 Å². The molecule has 0 radical (unpaired) electrons. The van der Waals surface area contributed by atoms with Crippen LogP contribution < -0.4 is 10.1 Å². The molecule has 0 unspecified atom stereocenters. The van der Waals surface area contributed by atoms with Gasteiger partial charge in [0.15, 0.2) is 0 Å². The summed E-state index contributed by atoms with van der Waals surface area (Å²) >= 11 is 0. The Kier molecular flexibility index (Phi) is 4.40. The van der Waals surface area contributed by atoms with E-state index in [4.69, 9.17) is 4.74 Å². The van der Waals surface area contributed by atoms with E-state index in [9.17, 15) is 4.79 Å². The summed E-state index contributed by atoms with van der Waals surface area (Å²) in [6, 6.07) is 7.12. The maximum Gasteiger partial charge on any atom is 0.251 e. The Morgan fingerprint density at radius 3 is 2.60 bits per heavy atom. The smallest absolute Gasteiger partial charge is 0.251 e. The summed E-state index contributed by atoms with van der Waals surface area (Å²) in [6.45, 7) is 4.95. The molecule has 1 aromatic carbocycles. The van der Waals surface area contributed by atoms with Gasteiger partial charge in [-0.25, -0.2) is 0 Å². The molecule has 1 heterocycles. The third-order valence-corrected chi connectivity index (χ3v) is 2.98. The van der Waals surface area contributed by atoms with Crippen LogP contribution in [0.1, 0.15) is 28.5 Å². The molecule has 0 saturated carbocycles. The molecule has 0 saturated heterocycles. The number of benzene rings is 1. The van der Waals surface area contributed by atoms with Crippen molar-refractivity contribution in [3.8, 4) is 5.75 Å². The van der Waals surface area contributed by atoms with Gasteiger partial charge < -0.3 is 10.1 Å². The monoisotopic (exact) mass is 273 g/mol. The molecule has 0 bridgehead atoms. The second-order valence-electron chi connectivity index (χ2n) is 4.55. The second kappa shape index (κ2) is 6.23. The first-order chi connectivity index (χ1) is 9.60. The summed E-state index contributed by atoms with van der Waals surface area (Å²) in [7, 11) is 1.87. The molecule has 0 spiro atoms. The minimum atomic E-state index is -0.101. The lowest BCUT2D eigenvalue weighted by atomic mass is 10.2. The van der Waals surface area contributed by atoms with Crippen molar-refractivity contribution in [2.45, 2.75) is 20.4 Å². The molecule has 1 amide bonds. The van der Waals surface area contributed by atoms with Crippen molar-refractivity contribution in [1.82, 2.24) is 15.1 Å². The second-order valence-corrected chi connectivity index (χ2v) is 4.55. The minimum absolute atomic E-state index is 0.101. The number of carbonyl (C=O) groups is 1. The quantitative estimate of drug-likeness (QED) is 0.907. The number of carbonyl (C=O) groups excluding carboxylic acids is 1. The fourth-order valence-corrected chi connectivity index (χ4v) is 1.97. The Morgan fingerprint density at radius 2 is 2.05 bits per heavy atom. The summed E-state index contributed by atoms with van der Waals surface area (Å²) < 4.78 is 7.09. The van der Waals surface area contributed by atoms with Crippen LogP contribution in [0.3, 0.4) is 0 Å². The van der Waals surface area contributed by atoms with Gasteiger partial charge in [0.1, 0.15) is 5.75 Å². The number of nitrogens with one attached hydrogen (secondary N) is 1. The lowest BCUT2D eigenvalue weighted by Gasteiger charge is -2.06. The molecule has 5 heteroatoms. The first-order valence-corrected chi connectivity index (χ1v) is 6.60. The molecule has 0 atom stereocenters. The van der Waals surface area contributed by atoms with Gasteiger partial charge in [-0.15, -0.1) is 0 Å². The van der Waals surface area contributed by atoms with E-state index >= 15 is 0 Å². The Balaban J connectivity index is 1.96. The molecule has 1 N–H and O–H groups in total. The van der Waals surface area contributed by atoms with E-state index in [0.717, 1.165) is 17.0 Å². The van der Waals surface area contributed by atoms with Crippen molar-refractivity contribution >= 4 is 5.91 Å². The number of hydrogen-bond acceptors (Lipinski definition) is 3. The van der Waals surface area contributed by atoms with Crippen LogP contribution in [0.25, 0.3) is 0 Å². The van der Waals surface area contributed by atoms with Gasteiger partial charge >= 0.3 is 0 Å². The largest absolute Gasteiger partial charge is 0.494 e. The molecule has 106 valence electrons. The highest BCUT2D eigenvalue weighted by Gasteiger charge is 2.08. The number of ether oxygens (including phenoxy) is 1. The SMILES string of the molecule is CCOc1ccc(C(=O)NCc2cn(C)nc2C)cc1. The van der Waals surface area contributed by atoms with E-state index in [1.165, 1.54) is 0 Å².